The SMILES string of the molecule is Brc1cc([Si](c2ccccc2)(c2ccccc2)c2ccccc2)ccc1-n1c2ccccc2c2ccccc21. The van der Waals surface area contributed by atoms with Crippen LogP contribution in [0, 0.1) is 0 Å². The molecule has 0 spiro atoms. The fourth-order valence-electron chi connectivity index (χ4n) is 6.17. The van der Waals surface area contributed by atoms with E-state index >= 15 is 0 Å². The Morgan fingerprint density at radius 3 is 1.26 bits per heavy atom. The van der Waals surface area contributed by atoms with E-state index < -0.39 is 8.07 Å². The monoisotopic (exact) mass is 579 g/mol. The molecule has 1 heterocycles. The van der Waals surface area contributed by atoms with E-state index in [9.17, 15) is 0 Å². The van der Waals surface area contributed by atoms with Crippen LogP contribution >= 0.6 is 15.9 Å². The van der Waals surface area contributed by atoms with E-state index in [1.165, 1.54) is 42.6 Å². The highest BCUT2D eigenvalue weighted by molar-refractivity contribution is 9.10. The van der Waals surface area contributed by atoms with Gasteiger partial charge in [-0.15, -0.1) is 0 Å². The highest BCUT2D eigenvalue weighted by atomic mass is 79.9. The van der Waals surface area contributed by atoms with Crippen molar-refractivity contribution in [2.24, 2.45) is 0 Å². The predicted molar refractivity (Wildman–Crippen MR) is 172 cm³/mol. The van der Waals surface area contributed by atoms with Crippen molar-refractivity contribution in [3.8, 4) is 5.69 Å². The molecule has 0 unspecified atom stereocenters. The molecule has 0 fully saturated rings. The van der Waals surface area contributed by atoms with E-state index in [4.69, 9.17) is 0 Å². The van der Waals surface area contributed by atoms with Crippen molar-refractivity contribution in [2.75, 3.05) is 0 Å². The van der Waals surface area contributed by atoms with Gasteiger partial charge in [0.15, 0.2) is 8.07 Å². The minimum absolute atomic E-state index is 1.09. The maximum absolute atomic E-state index is 4.05. The van der Waals surface area contributed by atoms with Crippen LogP contribution in [0.15, 0.2) is 162 Å². The molecule has 0 atom stereocenters. The first-order valence-electron chi connectivity index (χ1n) is 13.2. The Labute approximate surface area is 238 Å². The molecule has 39 heavy (non-hydrogen) atoms. The Hall–Kier alpha value is -4.18. The van der Waals surface area contributed by atoms with E-state index in [0.29, 0.717) is 0 Å². The van der Waals surface area contributed by atoms with Gasteiger partial charge in [-0.1, -0.05) is 133 Å². The van der Waals surface area contributed by atoms with Gasteiger partial charge in [-0.25, -0.2) is 0 Å². The van der Waals surface area contributed by atoms with Crippen molar-refractivity contribution < 1.29 is 0 Å². The van der Waals surface area contributed by atoms with Crippen LogP contribution in [0.3, 0.4) is 0 Å². The van der Waals surface area contributed by atoms with Crippen LogP contribution in [-0.2, 0) is 0 Å². The van der Waals surface area contributed by atoms with E-state index in [0.717, 1.165) is 10.2 Å². The van der Waals surface area contributed by atoms with Gasteiger partial charge in [0.1, 0.15) is 0 Å². The van der Waals surface area contributed by atoms with Gasteiger partial charge in [0.25, 0.3) is 0 Å². The van der Waals surface area contributed by atoms with Crippen molar-refractivity contribution in [2.45, 2.75) is 0 Å². The summed E-state index contributed by atoms with van der Waals surface area (Å²) in [6, 6.07) is 57.6. The molecular formula is C36H26BrNSi. The van der Waals surface area contributed by atoms with E-state index in [1.54, 1.807) is 0 Å². The van der Waals surface area contributed by atoms with E-state index in [-0.39, 0.29) is 0 Å². The van der Waals surface area contributed by atoms with Gasteiger partial charge in [0.05, 0.1) is 16.7 Å². The molecule has 186 valence electrons. The smallest absolute Gasteiger partial charge is 0.179 e. The molecule has 0 saturated heterocycles. The lowest BCUT2D eigenvalue weighted by Crippen LogP contribution is -2.74. The third-order valence-corrected chi connectivity index (χ3v) is 13.2. The Kier molecular flexibility index (Phi) is 6.03. The van der Waals surface area contributed by atoms with Gasteiger partial charge >= 0.3 is 0 Å². The zero-order valence-corrected chi connectivity index (χ0v) is 23.9. The fourth-order valence-corrected chi connectivity index (χ4v) is 11.7. The van der Waals surface area contributed by atoms with Crippen molar-refractivity contribution in [1.82, 2.24) is 4.57 Å². The van der Waals surface area contributed by atoms with Crippen LogP contribution in [0.5, 0.6) is 0 Å². The lowest BCUT2D eigenvalue weighted by molar-refractivity contribution is 1.17. The second-order valence-corrected chi connectivity index (χ2v) is 14.5. The summed E-state index contributed by atoms with van der Waals surface area (Å²) < 4.78 is 3.47. The molecule has 1 aromatic heterocycles. The molecule has 0 radical (unpaired) electrons. The molecule has 0 bridgehead atoms. The highest BCUT2D eigenvalue weighted by Gasteiger charge is 2.41. The second-order valence-electron chi connectivity index (χ2n) is 9.88. The fraction of sp³-hybridized carbons (Fsp3) is 0. The molecule has 0 aliphatic carbocycles. The molecule has 7 rings (SSSR count). The molecule has 0 aliphatic heterocycles. The summed E-state index contributed by atoms with van der Waals surface area (Å²) in [4.78, 5) is 0. The number of fused-ring (bicyclic) bond motifs is 3. The zero-order chi connectivity index (χ0) is 26.2. The minimum atomic E-state index is -2.59. The van der Waals surface area contributed by atoms with Crippen LogP contribution in [-0.4, -0.2) is 12.6 Å². The van der Waals surface area contributed by atoms with Crippen molar-refractivity contribution in [1.29, 1.82) is 0 Å². The maximum Gasteiger partial charge on any atom is 0.179 e. The average molecular weight is 581 g/mol. The Morgan fingerprint density at radius 2 is 0.821 bits per heavy atom. The number of hydrogen-bond donors (Lipinski definition) is 0. The first-order valence-corrected chi connectivity index (χ1v) is 16.0. The van der Waals surface area contributed by atoms with Gasteiger partial charge in [0.2, 0.25) is 0 Å². The van der Waals surface area contributed by atoms with Gasteiger partial charge in [-0.05, 0) is 60.9 Å². The number of hydrogen-bond acceptors (Lipinski definition) is 0. The first-order chi connectivity index (χ1) is 19.3. The topological polar surface area (TPSA) is 4.93 Å². The maximum atomic E-state index is 4.05. The lowest BCUT2D eigenvalue weighted by atomic mass is 10.2. The van der Waals surface area contributed by atoms with Gasteiger partial charge < -0.3 is 4.57 Å². The number of nitrogens with zero attached hydrogens (tertiary/aromatic N) is 1. The number of rotatable bonds is 5. The summed E-state index contributed by atoms with van der Waals surface area (Å²) in [5.41, 5.74) is 3.57. The van der Waals surface area contributed by atoms with Gasteiger partial charge in [-0.2, -0.15) is 0 Å². The van der Waals surface area contributed by atoms with Crippen LogP contribution in [0.25, 0.3) is 27.5 Å². The van der Waals surface area contributed by atoms with Crippen LogP contribution in [0.1, 0.15) is 0 Å². The number of benzene rings is 6. The predicted octanol–water partition coefficient (Wildman–Crippen LogP) is 6.92. The first kappa shape index (κ1) is 23.9. The van der Waals surface area contributed by atoms with Gasteiger partial charge in [-0.3, -0.25) is 0 Å². The largest absolute Gasteiger partial charge is 0.308 e. The minimum Gasteiger partial charge on any atom is -0.308 e. The Morgan fingerprint density at radius 1 is 0.410 bits per heavy atom. The molecule has 1 nitrogen and oxygen atoms in total. The van der Waals surface area contributed by atoms with Crippen LogP contribution < -0.4 is 20.7 Å². The third kappa shape index (κ3) is 3.81. The van der Waals surface area contributed by atoms with E-state index in [2.05, 4.69) is 178 Å². The number of aromatic nitrogens is 1. The molecule has 0 saturated carbocycles. The summed E-state index contributed by atoms with van der Waals surface area (Å²) >= 11 is 4.05. The summed E-state index contributed by atoms with van der Waals surface area (Å²) in [6.45, 7) is 0. The summed E-state index contributed by atoms with van der Waals surface area (Å²) in [6.07, 6.45) is 0. The molecule has 6 aromatic carbocycles. The third-order valence-electron chi connectivity index (χ3n) is 7.82. The van der Waals surface area contributed by atoms with Crippen LogP contribution in [0.4, 0.5) is 0 Å². The van der Waals surface area contributed by atoms with Crippen molar-refractivity contribution in [3.05, 3.63) is 162 Å². The molecular weight excluding hydrogens is 554 g/mol. The summed E-state index contributed by atoms with van der Waals surface area (Å²) in [5.74, 6) is 0. The van der Waals surface area contributed by atoms with Crippen molar-refractivity contribution in [3.63, 3.8) is 0 Å². The second kappa shape index (κ2) is 9.85. The standard InChI is InChI=1S/C36H26BrNSi/c37-33-26-30(24-25-36(33)38-34-22-12-10-20-31(34)32-21-11-13-23-35(32)38)39(27-14-4-1-5-15-27,28-16-6-2-7-17-28)29-18-8-3-9-19-29/h1-26H. The quantitative estimate of drug-likeness (QED) is 0.154. The molecule has 3 heteroatoms. The summed E-state index contributed by atoms with van der Waals surface area (Å²) in [7, 11) is -2.59. The van der Waals surface area contributed by atoms with E-state index in [1.807, 2.05) is 0 Å². The zero-order valence-electron chi connectivity index (χ0n) is 21.3. The number of halogens is 1. The van der Waals surface area contributed by atoms with Gasteiger partial charge in [0, 0.05) is 15.2 Å². The molecule has 0 amide bonds. The molecule has 0 aliphatic rings. The Balaban J connectivity index is 1.53. The normalized spacial score (nSPS) is 11.7. The summed E-state index contributed by atoms with van der Waals surface area (Å²) in [5, 5.41) is 8.01. The number of para-hydroxylation sites is 2. The Bertz CT molecular complexity index is 1760. The highest BCUT2D eigenvalue weighted by Crippen LogP contribution is 2.34. The lowest BCUT2D eigenvalue weighted by Gasteiger charge is -2.34. The molecule has 7 aromatic rings. The average Bonchev–Trinajstić information content (AvgIpc) is 3.34. The molecule has 0 N–H and O–H groups in total. The van der Waals surface area contributed by atoms with Crippen molar-refractivity contribution >= 4 is 66.6 Å². The van der Waals surface area contributed by atoms with Crippen LogP contribution in [0.2, 0.25) is 0 Å².